The molecule has 0 saturated carbocycles. The Hall–Kier alpha value is -0.110. The van der Waals surface area contributed by atoms with Crippen LogP contribution >= 0.6 is 31.9 Å². The maximum Gasteiger partial charge on any atom is 0.246 e. The lowest BCUT2D eigenvalue weighted by atomic mass is 10.3. The average molecular weight is 400 g/mol. The molecule has 0 saturated heterocycles. The highest BCUT2D eigenvalue weighted by molar-refractivity contribution is 9.11. The number of benzene rings is 1. The standard InChI is InChI=1S/C11H16Br2N2O2S/c1-4-7(2)15(3)18(16,17)11-9(13)5-8(12)6-10(11)14/h5-7H,4,14H2,1-3H3. The fraction of sp³-hybridized carbons (Fsp3) is 0.455. The molecule has 1 aromatic carbocycles. The summed E-state index contributed by atoms with van der Waals surface area (Å²) >= 11 is 6.53. The van der Waals surface area contributed by atoms with Gasteiger partial charge in [-0.15, -0.1) is 0 Å². The fourth-order valence-electron chi connectivity index (χ4n) is 1.49. The van der Waals surface area contributed by atoms with Gasteiger partial charge in [-0.1, -0.05) is 22.9 Å². The maximum atomic E-state index is 12.5. The summed E-state index contributed by atoms with van der Waals surface area (Å²) in [4.78, 5) is 0.119. The fourth-order valence-corrected chi connectivity index (χ4v) is 4.94. The molecular weight excluding hydrogens is 384 g/mol. The second kappa shape index (κ2) is 5.90. The summed E-state index contributed by atoms with van der Waals surface area (Å²) in [5.41, 5.74) is 6.05. The van der Waals surface area contributed by atoms with E-state index in [4.69, 9.17) is 5.73 Å². The van der Waals surface area contributed by atoms with Crippen LogP contribution in [-0.2, 0) is 10.0 Å². The molecule has 0 fully saturated rings. The summed E-state index contributed by atoms with van der Waals surface area (Å²) in [6.07, 6.45) is 0.740. The van der Waals surface area contributed by atoms with Crippen molar-refractivity contribution in [2.24, 2.45) is 0 Å². The molecule has 0 radical (unpaired) electrons. The van der Waals surface area contributed by atoms with E-state index in [0.717, 1.165) is 10.9 Å². The van der Waals surface area contributed by atoms with E-state index in [2.05, 4.69) is 31.9 Å². The zero-order valence-electron chi connectivity index (χ0n) is 10.4. The molecule has 4 nitrogen and oxygen atoms in total. The van der Waals surface area contributed by atoms with E-state index in [1.54, 1.807) is 19.2 Å². The van der Waals surface area contributed by atoms with Crippen LogP contribution < -0.4 is 5.73 Å². The third-order valence-corrected chi connectivity index (χ3v) is 6.32. The molecule has 0 aromatic heterocycles. The van der Waals surface area contributed by atoms with Crippen LogP contribution in [0.1, 0.15) is 20.3 Å². The van der Waals surface area contributed by atoms with Crippen molar-refractivity contribution in [3.63, 3.8) is 0 Å². The molecule has 2 N–H and O–H groups in total. The van der Waals surface area contributed by atoms with Crippen LogP contribution in [0.5, 0.6) is 0 Å². The average Bonchev–Trinajstić information content (AvgIpc) is 2.24. The Bertz CT molecular complexity index is 523. The summed E-state index contributed by atoms with van der Waals surface area (Å²) in [6, 6.07) is 3.18. The van der Waals surface area contributed by atoms with Gasteiger partial charge < -0.3 is 5.73 Å². The highest BCUT2D eigenvalue weighted by Gasteiger charge is 2.28. The third kappa shape index (κ3) is 3.07. The van der Waals surface area contributed by atoms with Crippen LogP contribution in [0.2, 0.25) is 0 Å². The van der Waals surface area contributed by atoms with Crippen molar-refractivity contribution >= 4 is 47.6 Å². The lowest BCUT2D eigenvalue weighted by Gasteiger charge is -2.24. The molecular formula is C11H16Br2N2O2S. The topological polar surface area (TPSA) is 63.4 Å². The first kappa shape index (κ1) is 15.9. The van der Waals surface area contributed by atoms with Crippen molar-refractivity contribution in [3.8, 4) is 0 Å². The normalized spacial score (nSPS) is 13.9. The van der Waals surface area contributed by atoms with Crippen molar-refractivity contribution < 1.29 is 8.42 Å². The zero-order valence-corrected chi connectivity index (χ0v) is 14.4. The van der Waals surface area contributed by atoms with E-state index >= 15 is 0 Å². The minimum atomic E-state index is -3.59. The number of nitrogen functional groups attached to an aromatic ring is 1. The van der Waals surface area contributed by atoms with Crippen LogP contribution in [0.3, 0.4) is 0 Å². The minimum absolute atomic E-state index is 0.0788. The number of hydrogen-bond donors (Lipinski definition) is 1. The Labute approximate surface area is 125 Å². The minimum Gasteiger partial charge on any atom is -0.398 e. The molecule has 0 bridgehead atoms. The summed E-state index contributed by atoms with van der Waals surface area (Å²) < 4.78 is 27.5. The number of nitrogens with zero attached hydrogens (tertiary/aromatic N) is 1. The van der Waals surface area contributed by atoms with Crippen LogP contribution in [0, 0.1) is 0 Å². The number of anilines is 1. The highest BCUT2D eigenvalue weighted by Crippen LogP contribution is 2.33. The van der Waals surface area contributed by atoms with E-state index in [1.807, 2.05) is 13.8 Å². The Morgan fingerprint density at radius 1 is 1.39 bits per heavy atom. The molecule has 0 heterocycles. The number of nitrogens with two attached hydrogens (primary N) is 1. The Morgan fingerprint density at radius 3 is 2.39 bits per heavy atom. The Kier molecular flexibility index (Phi) is 5.22. The van der Waals surface area contributed by atoms with Gasteiger partial charge in [-0.25, -0.2) is 8.42 Å². The molecule has 1 aromatic rings. The molecule has 1 unspecified atom stereocenters. The largest absolute Gasteiger partial charge is 0.398 e. The molecule has 102 valence electrons. The number of hydrogen-bond acceptors (Lipinski definition) is 3. The molecule has 0 aliphatic rings. The first-order valence-corrected chi connectivity index (χ1v) is 8.47. The predicted octanol–water partition coefficient (Wildman–Crippen LogP) is 3.21. The van der Waals surface area contributed by atoms with Gasteiger partial charge in [-0.3, -0.25) is 0 Å². The van der Waals surface area contributed by atoms with E-state index in [9.17, 15) is 8.42 Å². The zero-order chi connectivity index (χ0) is 14.1. The Morgan fingerprint density at radius 2 is 1.94 bits per heavy atom. The summed E-state index contributed by atoms with van der Waals surface area (Å²) in [6.45, 7) is 3.80. The van der Waals surface area contributed by atoms with E-state index in [1.165, 1.54) is 4.31 Å². The van der Waals surface area contributed by atoms with Crippen molar-refractivity contribution in [2.75, 3.05) is 12.8 Å². The highest BCUT2D eigenvalue weighted by atomic mass is 79.9. The molecule has 18 heavy (non-hydrogen) atoms. The second-order valence-corrected chi connectivity index (χ2v) is 7.79. The van der Waals surface area contributed by atoms with Gasteiger partial charge in [0.15, 0.2) is 0 Å². The lowest BCUT2D eigenvalue weighted by Crippen LogP contribution is -2.35. The van der Waals surface area contributed by atoms with Gasteiger partial charge in [0, 0.05) is 22.0 Å². The van der Waals surface area contributed by atoms with Crippen LogP contribution in [0.15, 0.2) is 26.0 Å². The van der Waals surface area contributed by atoms with Gasteiger partial charge in [0.25, 0.3) is 0 Å². The molecule has 0 aliphatic carbocycles. The van der Waals surface area contributed by atoms with Gasteiger partial charge in [0.2, 0.25) is 10.0 Å². The summed E-state index contributed by atoms with van der Waals surface area (Å²) in [5.74, 6) is 0. The monoisotopic (exact) mass is 398 g/mol. The lowest BCUT2D eigenvalue weighted by molar-refractivity contribution is 0.380. The van der Waals surface area contributed by atoms with E-state index in [0.29, 0.717) is 4.47 Å². The predicted molar refractivity (Wildman–Crippen MR) is 81.0 cm³/mol. The van der Waals surface area contributed by atoms with Crippen LogP contribution in [0.25, 0.3) is 0 Å². The Balaban J connectivity index is 3.38. The quantitative estimate of drug-likeness (QED) is 0.790. The van der Waals surface area contributed by atoms with Crippen LogP contribution in [-0.4, -0.2) is 25.8 Å². The summed E-state index contributed by atoms with van der Waals surface area (Å²) in [5, 5.41) is 0. The van der Waals surface area contributed by atoms with Gasteiger partial charge in [0.05, 0.1) is 5.69 Å². The van der Waals surface area contributed by atoms with Crippen molar-refractivity contribution in [3.05, 3.63) is 21.1 Å². The molecule has 0 amide bonds. The maximum absolute atomic E-state index is 12.5. The number of sulfonamides is 1. The number of rotatable bonds is 4. The summed E-state index contributed by atoms with van der Waals surface area (Å²) in [7, 11) is -2.02. The first-order valence-electron chi connectivity index (χ1n) is 5.44. The SMILES string of the molecule is CCC(C)N(C)S(=O)(=O)c1c(N)cc(Br)cc1Br. The van der Waals surface area contributed by atoms with Crippen molar-refractivity contribution in [1.82, 2.24) is 4.31 Å². The molecule has 1 atom stereocenters. The van der Waals surface area contributed by atoms with Crippen LogP contribution in [0.4, 0.5) is 5.69 Å². The van der Waals surface area contributed by atoms with Gasteiger partial charge in [-0.05, 0) is 41.4 Å². The van der Waals surface area contributed by atoms with Crippen molar-refractivity contribution in [2.45, 2.75) is 31.2 Å². The first-order chi connectivity index (χ1) is 8.21. The van der Waals surface area contributed by atoms with Crippen molar-refractivity contribution in [1.29, 1.82) is 0 Å². The van der Waals surface area contributed by atoms with E-state index in [-0.39, 0.29) is 16.6 Å². The molecule has 7 heteroatoms. The number of halogens is 2. The smallest absolute Gasteiger partial charge is 0.246 e. The third-order valence-electron chi connectivity index (χ3n) is 2.89. The molecule has 0 aliphatic heterocycles. The van der Waals surface area contributed by atoms with Gasteiger partial charge >= 0.3 is 0 Å². The van der Waals surface area contributed by atoms with Gasteiger partial charge in [-0.2, -0.15) is 4.31 Å². The molecule has 1 rings (SSSR count). The van der Waals surface area contributed by atoms with E-state index < -0.39 is 10.0 Å². The second-order valence-electron chi connectivity index (χ2n) is 4.08. The van der Waals surface area contributed by atoms with Gasteiger partial charge in [0.1, 0.15) is 4.90 Å². The molecule has 0 spiro atoms.